The molecule has 2 aliphatic rings. The van der Waals surface area contributed by atoms with Crippen molar-refractivity contribution in [3.05, 3.63) is 46.5 Å². The van der Waals surface area contributed by atoms with Gasteiger partial charge in [-0.3, -0.25) is 10.3 Å². The highest BCUT2D eigenvalue weighted by molar-refractivity contribution is 7.11. The molecule has 3 heterocycles. The Hall–Kier alpha value is -2.18. The fourth-order valence-corrected chi connectivity index (χ4v) is 4.81. The quantitative estimate of drug-likeness (QED) is 0.841. The number of aliphatic hydroxyl groups excluding tert-OH is 1. The minimum atomic E-state index is 0.269. The first-order chi connectivity index (χ1) is 12.7. The van der Waals surface area contributed by atoms with Crippen molar-refractivity contribution in [2.24, 2.45) is 0 Å². The maximum atomic E-state index is 10.5. The van der Waals surface area contributed by atoms with Gasteiger partial charge in [0.05, 0.1) is 17.8 Å². The van der Waals surface area contributed by atoms with Crippen LogP contribution in [0.4, 0.5) is 0 Å². The minimum absolute atomic E-state index is 0.269. The van der Waals surface area contributed by atoms with Gasteiger partial charge in [-0.2, -0.15) is 0 Å². The number of aromatic nitrogens is 1. The first-order valence-corrected chi connectivity index (χ1v) is 10.1. The normalized spacial score (nSPS) is 21.2. The van der Waals surface area contributed by atoms with Crippen molar-refractivity contribution >= 4 is 22.7 Å². The SMILES string of the molecule is CCN1CCC[C@H]1CN1CC(O)=C(c2nc(-c3ccccc3)cs2)C1=N. The van der Waals surface area contributed by atoms with E-state index in [2.05, 4.69) is 16.8 Å². The molecule has 136 valence electrons. The van der Waals surface area contributed by atoms with Gasteiger partial charge in [0.15, 0.2) is 0 Å². The summed E-state index contributed by atoms with van der Waals surface area (Å²) in [4.78, 5) is 9.15. The van der Waals surface area contributed by atoms with E-state index in [0.717, 1.165) is 35.9 Å². The van der Waals surface area contributed by atoms with Crippen LogP contribution < -0.4 is 0 Å². The molecule has 0 saturated carbocycles. The van der Waals surface area contributed by atoms with Crippen LogP contribution in [0, 0.1) is 5.41 Å². The summed E-state index contributed by atoms with van der Waals surface area (Å²) < 4.78 is 0. The van der Waals surface area contributed by atoms with Crippen LogP contribution in [0.2, 0.25) is 0 Å². The molecule has 5 nitrogen and oxygen atoms in total. The van der Waals surface area contributed by atoms with E-state index in [0.29, 0.717) is 24.0 Å². The largest absolute Gasteiger partial charge is 0.510 e. The second-order valence-electron chi connectivity index (χ2n) is 6.88. The second-order valence-corrected chi connectivity index (χ2v) is 7.74. The molecule has 0 unspecified atom stereocenters. The van der Waals surface area contributed by atoms with Crippen LogP contribution in [0.1, 0.15) is 24.8 Å². The molecule has 0 radical (unpaired) electrons. The Morgan fingerprint density at radius 2 is 2.12 bits per heavy atom. The minimum Gasteiger partial charge on any atom is -0.510 e. The van der Waals surface area contributed by atoms with E-state index >= 15 is 0 Å². The van der Waals surface area contributed by atoms with Gasteiger partial charge in [-0.25, -0.2) is 4.98 Å². The lowest BCUT2D eigenvalue weighted by molar-refractivity contribution is 0.222. The molecule has 1 aromatic heterocycles. The van der Waals surface area contributed by atoms with Crippen molar-refractivity contribution in [3.63, 3.8) is 0 Å². The van der Waals surface area contributed by atoms with E-state index in [4.69, 9.17) is 5.41 Å². The van der Waals surface area contributed by atoms with Crippen molar-refractivity contribution in [1.82, 2.24) is 14.8 Å². The summed E-state index contributed by atoms with van der Waals surface area (Å²) in [5.41, 5.74) is 2.55. The van der Waals surface area contributed by atoms with E-state index in [-0.39, 0.29) is 5.76 Å². The van der Waals surface area contributed by atoms with Crippen LogP contribution >= 0.6 is 11.3 Å². The number of rotatable bonds is 5. The number of hydrogen-bond donors (Lipinski definition) is 2. The van der Waals surface area contributed by atoms with Crippen LogP contribution in [0.25, 0.3) is 16.8 Å². The molecule has 2 aromatic rings. The Labute approximate surface area is 158 Å². The van der Waals surface area contributed by atoms with Crippen molar-refractivity contribution in [2.45, 2.75) is 25.8 Å². The Kier molecular flexibility index (Phi) is 4.78. The molecule has 1 saturated heterocycles. The Bertz CT molecular complexity index is 829. The topological polar surface area (TPSA) is 63.5 Å². The molecular formula is C20H24N4OS. The fraction of sp³-hybridized carbons (Fsp3) is 0.400. The van der Waals surface area contributed by atoms with E-state index in [9.17, 15) is 5.11 Å². The third-order valence-corrected chi connectivity index (χ3v) is 6.17. The summed E-state index contributed by atoms with van der Waals surface area (Å²) in [5.74, 6) is 0.671. The smallest absolute Gasteiger partial charge is 0.135 e. The van der Waals surface area contributed by atoms with Crippen LogP contribution in [-0.4, -0.2) is 57.9 Å². The molecule has 4 rings (SSSR count). The summed E-state index contributed by atoms with van der Waals surface area (Å²) >= 11 is 1.49. The molecule has 0 aliphatic carbocycles. The van der Waals surface area contributed by atoms with E-state index in [1.54, 1.807) is 0 Å². The second kappa shape index (κ2) is 7.21. The number of benzene rings is 1. The molecule has 6 heteroatoms. The van der Waals surface area contributed by atoms with Crippen molar-refractivity contribution in [2.75, 3.05) is 26.2 Å². The summed E-state index contributed by atoms with van der Waals surface area (Å²) in [6.07, 6.45) is 2.39. The average Bonchev–Trinajstić information content (AvgIpc) is 3.36. The van der Waals surface area contributed by atoms with Crippen LogP contribution in [0.3, 0.4) is 0 Å². The van der Waals surface area contributed by atoms with Crippen LogP contribution in [-0.2, 0) is 0 Å². The summed E-state index contributed by atoms with van der Waals surface area (Å²) in [5, 5.41) is 21.8. The first-order valence-electron chi connectivity index (χ1n) is 9.18. The Morgan fingerprint density at radius 1 is 1.31 bits per heavy atom. The molecule has 1 atom stereocenters. The monoisotopic (exact) mass is 368 g/mol. The number of likely N-dealkylation sites (tertiary alicyclic amines) is 1. The standard InChI is InChI=1S/C20H24N4OS/c1-2-23-10-6-9-15(23)11-24-12-17(25)18(19(24)21)20-22-16(13-26-20)14-7-4-3-5-8-14/h3-5,7-8,13,15,21,25H,2,6,9-12H2,1H3/t15-/m0/s1. The predicted molar refractivity (Wildman–Crippen MR) is 107 cm³/mol. The zero-order chi connectivity index (χ0) is 18.1. The number of nitrogens with zero attached hydrogens (tertiary/aromatic N) is 3. The molecular weight excluding hydrogens is 344 g/mol. The van der Waals surface area contributed by atoms with Gasteiger partial charge in [0, 0.05) is 23.5 Å². The fourth-order valence-electron chi connectivity index (χ4n) is 3.92. The molecule has 26 heavy (non-hydrogen) atoms. The Balaban J connectivity index is 1.52. The lowest BCUT2D eigenvalue weighted by atomic mass is 10.2. The van der Waals surface area contributed by atoms with Crippen molar-refractivity contribution < 1.29 is 5.11 Å². The zero-order valence-corrected chi connectivity index (χ0v) is 15.8. The van der Waals surface area contributed by atoms with Gasteiger partial charge < -0.3 is 10.0 Å². The molecule has 0 amide bonds. The zero-order valence-electron chi connectivity index (χ0n) is 15.0. The van der Waals surface area contributed by atoms with Crippen molar-refractivity contribution in [1.29, 1.82) is 5.41 Å². The lowest BCUT2D eigenvalue weighted by Crippen LogP contribution is -2.41. The van der Waals surface area contributed by atoms with Gasteiger partial charge in [-0.15, -0.1) is 11.3 Å². The highest BCUT2D eigenvalue weighted by Crippen LogP contribution is 2.33. The molecule has 2 aliphatic heterocycles. The number of thiazole rings is 1. The number of aliphatic hydroxyl groups is 1. The van der Waals surface area contributed by atoms with Gasteiger partial charge in [0.2, 0.25) is 0 Å². The maximum Gasteiger partial charge on any atom is 0.135 e. The van der Waals surface area contributed by atoms with E-state index in [1.807, 2.05) is 40.6 Å². The number of likely N-dealkylation sites (N-methyl/N-ethyl adjacent to an activating group) is 1. The number of nitrogens with one attached hydrogen (secondary N) is 1. The molecule has 0 bridgehead atoms. The highest BCUT2D eigenvalue weighted by Gasteiger charge is 2.33. The Morgan fingerprint density at radius 3 is 2.88 bits per heavy atom. The van der Waals surface area contributed by atoms with Crippen LogP contribution in [0.5, 0.6) is 0 Å². The number of amidine groups is 1. The molecule has 0 spiro atoms. The van der Waals surface area contributed by atoms with Crippen LogP contribution in [0.15, 0.2) is 41.5 Å². The summed E-state index contributed by atoms with van der Waals surface area (Å²) in [6.45, 7) is 5.60. The summed E-state index contributed by atoms with van der Waals surface area (Å²) in [7, 11) is 0. The van der Waals surface area contributed by atoms with Crippen molar-refractivity contribution in [3.8, 4) is 11.3 Å². The van der Waals surface area contributed by atoms with Gasteiger partial charge in [-0.05, 0) is 25.9 Å². The molecule has 1 aromatic carbocycles. The van der Waals surface area contributed by atoms with Gasteiger partial charge >= 0.3 is 0 Å². The average molecular weight is 369 g/mol. The third-order valence-electron chi connectivity index (χ3n) is 5.31. The van der Waals surface area contributed by atoms with Gasteiger partial charge in [-0.1, -0.05) is 37.3 Å². The summed E-state index contributed by atoms with van der Waals surface area (Å²) in [6, 6.07) is 10.5. The highest BCUT2D eigenvalue weighted by atomic mass is 32.1. The lowest BCUT2D eigenvalue weighted by Gasteiger charge is -2.28. The maximum absolute atomic E-state index is 10.5. The van der Waals surface area contributed by atoms with Gasteiger partial charge in [0.1, 0.15) is 16.6 Å². The first kappa shape index (κ1) is 17.2. The van der Waals surface area contributed by atoms with Gasteiger partial charge in [0.25, 0.3) is 0 Å². The molecule has 2 N–H and O–H groups in total. The molecule has 1 fully saturated rings. The predicted octanol–water partition coefficient (Wildman–Crippen LogP) is 3.86. The number of hydrogen-bond acceptors (Lipinski definition) is 5. The van der Waals surface area contributed by atoms with E-state index < -0.39 is 0 Å². The van der Waals surface area contributed by atoms with E-state index in [1.165, 1.54) is 24.2 Å². The third kappa shape index (κ3) is 3.15.